The fourth-order valence-corrected chi connectivity index (χ4v) is 2.46. The molecule has 0 spiro atoms. The van der Waals surface area contributed by atoms with E-state index in [-0.39, 0.29) is 11.5 Å². The second-order valence-electron chi connectivity index (χ2n) is 4.85. The molecule has 0 amide bonds. The number of hydrogen-bond acceptors (Lipinski definition) is 5. The van der Waals surface area contributed by atoms with Crippen LogP contribution in [0.25, 0.3) is 0 Å². The molecule has 1 unspecified atom stereocenters. The molecule has 0 bridgehead atoms. The summed E-state index contributed by atoms with van der Waals surface area (Å²) in [4.78, 5) is 0.255. The van der Waals surface area contributed by atoms with Crippen LogP contribution in [0.5, 0.6) is 0 Å². The molecule has 0 fully saturated rings. The van der Waals surface area contributed by atoms with Crippen LogP contribution in [0.2, 0.25) is 0 Å². The van der Waals surface area contributed by atoms with Gasteiger partial charge >= 0.3 is 0 Å². The third-order valence-electron chi connectivity index (χ3n) is 3.04. The Morgan fingerprint density at radius 2 is 1.80 bits per heavy atom. The Hall–Kier alpha value is -0.950. The molecule has 1 aromatic rings. The zero-order valence-electron chi connectivity index (χ0n) is 11.7. The molecular weight excluding hydrogens is 278 g/mol. The van der Waals surface area contributed by atoms with Crippen LogP contribution in [-0.4, -0.2) is 44.6 Å². The van der Waals surface area contributed by atoms with Crippen LogP contribution < -0.4 is 5.32 Å². The maximum Gasteiger partial charge on any atom is 0.175 e. The van der Waals surface area contributed by atoms with E-state index in [1.54, 1.807) is 12.1 Å². The highest BCUT2D eigenvalue weighted by molar-refractivity contribution is 7.90. The summed E-state index contributed by atoms with van der Waals surface area (Å²) in [6.07, 6.45) is 3.23. The second kappa shape index (κ2) is 8.36. The van der Waals surface area contributed by atoms with Gasteiger partial charge < -0.3 is 15.5 Å². The fourth-order valence-electron chi connectivity index (χ4n) is 1.83. The van der Waals surface area contributed by atoms with E-state index >= 15 is 0 Å². The van der Waals surface area contributed by atoms with Crippen molar-refractivity contribution in [1.29, 1.82) is 0 Å². The Labute approximate surface area is 120 Å². The van der Waals surface area contributed by atoms with Crippen LogP contribution in [-0.2, 0) is 9.84 Å². The van der Waals surface area contributed by atoms with Gasteiger partial charge in [-0.3, -0.25) is 0 Å². The van der Waals surface area contributed by atoms with E-state index in [4.69, 9.17) is 5.11 Å². The zero-order chi connectivity index (χ0) is 15.0. The number of aliphatic hydroxyl groups is 2. The Balaban J connectivity index is 2.38. The van der Waals surface area contributed by atoms with E-state index in [9.17, 15) is 13.5 Å². The summed E-state index contributed by atoms with van der Waals surface area (Å²) in [6.45, 7) is 1.44. The molecule has 114 valence electrons. The topological polar surface area (TPSA) is 86.6 Å². The molecule has 0 aliphatic rings. The molecule has 1 atom stereocenters. The number of sulfone groups is 1. The van der Waals surface area contributed by atoms with Gasteiger partial charge in [0.05, 0.1) is 11.0 Å². The molecular formula is C14H23NO4S. The monoisotopic (exact) mass is 301 g/mol. The summed E-state index contributed by atoms with van der Waals surface area (Å²) in [5.74, 6) is 0. The van der Waals surface area contributed by atoms with Gasteiger partial charge in [-0.25, -0.2) is 8.42 Å². The van der Waals surface area contributed by atoms with Crippen molar-refractivity contribution in [2.45, 2.75) is 30.3 Å². The van der Waals surface area contributed by atoms with E-state index in [1.807, 2.05) is 0 Å². The quantitative estimate of drug-likeness (QED) is 0.589. The maximum absolute atomic E-state index is 11.3. The van der Waals surface area contributed by atoms with E-state index in [0.29, 0.717) is 12.1 Å². The predicted molar refractivity (Wildman–Crippen MR) is 78.3 cm³/mol. The highest BCUT2D eigenvalue weighted by Gasteiger charge is 2.10. The van der Waals surface area contributed by atoms with Gasteiger partial charge in [0.25, 0.3) is 0 Å². The Kier molecular flexibility index (Phi) is 7.15. The maximum atomic E-state index is 11.3. The Morgan fingerprint density at radius 1 is 1.15 bits per heavy atom. The molecule has 0 heterocycles. The second-order valence-corrected chi connectivity index (χ2v) is 6.86. The fraction of sp³-hybridized carbons (Fsp3) is 0.571. The van der Waals surface area contributed by atoms with Crippen molar-refractivity contribution in [1.82, 2.24) is 5.32 Å². The van der Waals surface area contributed by atoms with Crippen molar-refractivity contribution in [3.05, 3.63) is 29.8 Å². The van der Waals surface area contributed by atoms with Gasteiger partial charge in [-0.15, -0.1) is 0 Å². The van der Waals surface area contributed by atoms with Crippen molar-refractivity contribution in [3.8, 4) is 0 Å². The molecule has 0 aromatic heterocycles. The molecule has 0 saturated heterocycles. The van der Waals surface area contributed by atoms with E-state index in [2.05, 4.69) is 5.32 Å². The summed E-state index contributed by atoms with van der Waals surface area (Å²) in [6, 6.07) is 6.28. The van der Waals surface area contributed by atoms with Gasteiger partial charge in [0.1, 0.15) is 0 Å². The zero-order valence-corrected chi connectivity index (χ0v) is 12.6. The third kappa shape index (κ3) is 6.00. The van der Waals surface area contributed by atoms with Gasteiger partial charge in [-0.2, -0.15) is 0 Å². The molecule has 20 heavy (non-hydrogen) atoms. The van der Waals surface area contributed by atoms with Gasteiger partial charge in [0.2, 0.25) is 0 Å². The summed E-state index contributed by atoms with van der Waals surface area (Å²) < 4.78 is 22.6. The van der Waals surface area contributed by atoms with E-state index < -0.39 is 15.9 Å². The molecule has 0 radical (unpaired) electrons. The summed E-state index contributed by atoms with van der Waals surface area (Å²) in [5, 5.41) is 21.7. The first-order valence-electron chi connectivity index (χ1n) is 6.75. The van der Waals surface area contributed by atoms with Crippen molar-refractivity contribution >= 4 is 9.84 Å². The van der Waals surface area contributed by atoms with Gasteiger partial charge in [-0.1, -0.05) is 12.1 Å². The lowest BCUT2D eigenvalue weighted by molar-refractivity contribution is 0.174. The van der Waals surface area contributed by atoms with Crippen molar-refractivity contribution in [3.63, 3.8) is 0 Å². The SMILES string of the molecule is CS(=O)(=O)c1ccc(C(O)CNCCCCCO)cc1. The summed E-state index contributed by atoms with van der Waals surface area (Å²) >= 11 is 0. The van der Waals surface area contributed by atoms with E-state index in [0.717, 1.165) is 32.1 Å². The number of rotatable bonds is 9. The Bertz CT molecular complexity index is 484. The number of unbranched alkanes of at least 4 members (excludes halogenated alkanes) is 2. The lowest BCUT2D eigenvalue weighted by atomic mass is 10.1. The highest BCUT2D eigenvalue weighted by Crippen LogP contribution is 2.15. The Morgan fingerprint density at radius 3 is 2.35 bits per heavy atom. The minimum atomic E-state index is -3.19. The standard InChI is InChI=1S/C14H23NO4S/c1-20(18,19)13-7-5-12(6-8-13)14(17)11-15-9-3-2-4-10-16/h5-8,14-17H,2-4,9-11H2,1H3. The molecule has 6 heteroatoms. The average Bonchev–Trinajstić information content (AvgIpc) is 2.41. The van der Waals surface area contributed by atoms with Crippen LogP contribution >= 0.6 is 0 Å². The lowest BCUT2D eigenvalue weighted by Crippen LogP contribution is -2.22. The normalized spacial score (nSPS) is 13.3. The molecule has 1 aromatic carbocycles. The predicted octanol–water partition coefficient (Wildman–Crippen LogP) is 0.876. The number of aliphatic hydroxyl groups excluding tert-OH is 2. The van der Waals surface area contributed by atoms with Crippen molar-refractivity contribution < 1.29 is 18.6 Å². The first kappa shape index (κ1) is 17.1. The average molecular weight is 301 g/mol. The summed E-state index contributed by atoms with van der Waals surface area (Å²) in [5.41, 5.74) is 0.695. The smallest absolute Gasteiger partial charge is 0.175 e. The lowest BCUT2D eigenvalue weighted by Gasteiger charge is -2.12. The number of benzene rings is 1. The van der Waals surface area contributed by atoms with Crippen molar-refractivity contribution in [2.24, 2.45) is 0 Å². The van der Waals surface area contributed by atoms with Gasteiger partial charge in [0, 0.05) is 19.4 Å². The molecule has 3 N–H and O–H groups in total. The largest absolute Gasteiger partial charge is 0.396 e. The molecule has 0 saturated carbocycles. The minimum absolute atomic E-state index is 0.218. The van der Waals surface area contributed by atoms with Crippen LogP contribution in [0.4, 0.5) is 0 Å². The van der Waals surface area contributed by atoms with Crippen molar-refractivity contribution in [2.75, 3.05) is 26.0 Å². The summed E-state index contributed by atoms with van der Waals surface area (Å²) in [7, 11) is -3.19. The van der Waals surface area contributed by atoms with Crippen LogP contribution in [0, 0.1) is 0 Å². The van der Waals surface area contributed by atoms with Crippen LogP contribution in [0.3, 0.4) is 0 Å². The molecule has 0 aliphatic carbocycles. The molecule has 1 rings (SSSR count). The molecule has 0 aliphatic heterocycles. The minimum Gasteiger partial charge on any atom is -0.396 e. The van der Waals surface area contributed by atoms with Crippen LogP contribution in [0.15, 0.2) is 29.2 Å². The van der Waals surface area contributed by atoms with Gasteiger partial charge in [0.15, 0.2) is 9.84 Å². The first-order chi connectivity index (χ1) is 9.45. The molecule has 5 nitrogen and oxygen atoms in total. The number of hydrogen-bond donors (Lipinski definition) is 3. The van der Waals surface area contributed by atoms with E-state index in [1.165, 1.54) is 12.1 Å². The first-order valence-corrected chi connectivity index (χ1v) is 8.64. The number of nitrogens with one attached hydrogen (secondary N) is 1. The van der Waals surface area contributed by atoms with Crippen LogP contribution in [0.1, 0.15) is 30.9 Å². The third-order valence-corrected chi connectivity index (χ3v) is 4.17. The highest BCUT2D eigenvalue weighted by atomic mass is 32.2. The van der Waals surface area contributed by atoms with Gasteiger partial charge in [-0.05, 0) is 43.5 Å².